The van der Waals surface area contributed by atoms with Crippen LogP contribution < -0.4 is 14.8 Å². The van der Waals surface area contributed by atoms with Crippen molar-refractivity contribution in [1.82, 2.24) is 15.0 Å². The fraction of sp³-hybridized carbons (Fsp3) is 0.100. The third kappa shape index (κ3) is 3.82. The largest absolute Gasteiger partial charge is 0.454 e. The number of aromatic nitrogens is 3. The first kappa shape index (κ1) is 17.8. The highest BCUT2D eigenvalue weighted by atomic mass is 32.1. The number of carbonyl (C=O) groups excluding carboxylic acids is 1. The molecular weight excluding hydrogens is 408 g/mol. The Morgan fingerprint density at radius 2 is 2.00 bits per heavy atom. The Morgan fingerprint density at radius 3 is 2.90 bits per heavy atom. The van der Waals surface area contributed by atoms with Gasteiger partial charge in [-0.05, 0) is 30.3 Å². The minimum atomic E-state index is -0.153. The van der Waals surface area contributed by atoms with E-state index >= 15 is 0 Å². The maximum absolute atomic E-state index is 12.4. The lowest BCUT2D eigenvalue weighted by atomic mass is 10.1. The van der Waals surface area contributed by atoms with Crippen molar-refractivity contribution in [3.63, 3.8) is 0 Å². The summed E-state index contributed by atoms with van der Waals surface area (Å²) in [7, 11) is 0. The van der Waals surface area contributed by atoms with E-state index in [2.05, 4.69) is 20.3 Å². The number of nitrogens with zero attached hydrogens (tertiary/aromatic N) is 3. The Kier molecular flexibility index (Phi) is 4.66. The molecule has 1 amide bonds. The van der Waals surface area contributed by atoms with E-state index in [1.165, 1.54) is 22.7 Å². The van der Waals surface area contributed by atoms with Crippen LogP contribution in [0.2, 0.25) is 0 Å². The Labute approximate surface area is 174 Å². The molecule has 1 aliphatic rings. The van der Waals surface area contributed by atoms with Crippen molar-refractivity contribution in [2.75, 3.05) is 12.1 Å². The Morgan fingerprint density at radius 1 is 1.07 bits per heavy atom. The maximum atomic E-state index is 12.4. The fourth-order valence-electron chi connectivity index (χ4n) is 2.86. The fourth-order valence-corrected chi connectivity index (χ4v) is 4.40. The SMILES string of the molecule is O=C(Cc1csc(-c2cccnc2)n1)Nc1nc(-c2ccc3c(c2)OCO3)cs1. The second-order valence-electron chi connectivity index (χ2n) is 6.22. The average Bonchev–Trinajstić information content (AvgIpc) is 3.49. The molecule has 0 radical (unpaired) electrons. The van der Waals surface area contributed by atoms with Crippen LogP contribution >= 0.6 is 22.7 Å². The second kappa shape index (κ2) is 7.61. The number of hydrogen-bond acceptors (Lipinski definition) is 8. The molecule has 0 saturated carbocycles. The highest BCUT2D eigenvalue weighted by Crippen LogP contribution is 2.36. The third-order valence-corrected chi connectivity index (χ3v) is 5.92. The molecule has 9 heteroatoms. The standard InChI is InChI=1S/C20H14N4O3S2/c25-18(7-14-9-28-19(22-14)13-2-1-5-21-8-13)24-20-23-15(10-29-20)12-3-4-16-17(6-12)27-11-26-16/h1-6,8-10H,7,11H2,(H,23,24,25). The van der Waals surface area contributed by atoms with Crippen LogP contribution in [0.3, 0.4) is 0 Å². The molecule has 0 aliphatic carbocycles. The van der Waals surface area contributed by atoms with Crippen molar-refractivity contribution >= 4 is 33.7 Å². The third-order valence-electron chi connectivity index (χ3n) is 4.22. The van der Waals surface area contributed by atoms with E-state index in [0.717, 1.165) is 33.3 Å². The summed E-state index contributed by atoms with van der Waals surface area (Å²) in [6.07, 6.45) is 3.67. The van der Waals surface area contributed by atoms with Gasteiger partial charge >= 0.3 is 0 Å². The molecule has 4 aromatic rings. The lowest BCUT2D eigenvalue weighted by Gasteiger charge is -2.01. The summed E-state index contributed by atoms with van der Waals surface area (Å²) in [5, 5.41) is 8.03. The summed E-state index contributed by atoms with van der Waals surface area (Å²) in [6, 6.07) is 9.48. The average molecular weight is 422 g/mol. The number of hydrogen-bond donors (Lipinski definition) is 1. The van der Waals surface area contributed by atoms with E-state index in [1.54, 1.807) is 12.4 Å². The van der Waals surface area contributed by atoms with Crippen molar-refractivity contribution in [2.24, 2.45) is 0 Å². The summed E-state index contributed by atoms with van der Waals surface area (Å²) < 4.78 is 10.7. The first-order valence-corrected chi connectivity index (χ1v) is 10.5. The van der Waals surface area contributed by atoms with Gasteiger partial charge in [0, 0.05) is 34.3 Å². The smallest absolute Gasteiger partial charge is 0.232 e. The number of benzene rings is 1. The summed E-state index contributed by atoms with van der Waals surface area (Å²) in [5.41, 5.74) is 3.35. The second-order valence-corrected chi connectivity index (χ2v) is 7.93. The number of thiazole rings is 2. The summed E-state index contributed by atoms with van der Waals surface area (Å²) in [5.74, 6) is 1.28. The lowest BCUT2D eigenvalue weighted by molar-refractivity contribution is -0.115. The molecule has 0 unspecified atom stereocenters. The van der Waals surface area contributed by atoms with Crippen molar-refractivity contribution < 1.29 is 14.3 Å². The molecule has 7 nitrogen and oxygen atoms in total. The molecule has 4 heterocycles. The van der Waals surface area contributed by atoms with E-state index in [9.17, 15) is 4.79 Å². The van der Waals surface area contributed by atoms with Crippen molar-refractivity contribution in [1.29, 1.82) is 0 Å². The van der Waals surface area contributed by atoms with E-state index in [-0.39, 0.29) is 19.1 Å². The quantitative estimate of drug-likeness (QED) is 0.518. The number of carbonyl (C=O) groups is 1. The molecule has 144 valence electrons. The number of ether oxygens (including phenoxy) is 2. The van der Waals surface area contributed by atoms with Crippen LogP contribution in [-0.2, 0) is 11.2 Å². The van der Waals surface area contributed by atoms with Crippen LogP contribution in [0.5, 0.6) is 11.5 Å². The zero-order valence-corrected chi connectivity index (χ0v) is 16.6. The molecule has 29 heavy (non-hydrogen) atoms. The molecule has 0 bridgehead atoms. The van der Waals surface area contributed by atoms with Crippen LogP contribution in [0.4, 0.5) is 5.13 Å². The Balaban J connectivity index is 1.24. The summed E-state index contributed by atoms with van der Waals surface area (Å²) in [4.78, 5) is 25.5. The van der Waals surface area contributed by atoms with Gasteiger partial charge in [0.05, 0.1) is 17.8 Å². The molecule has 0 fully saturated rings. The number of rotatable bonds is 5. The Bertz CT molecular complexity index is 1170. The lowest BCUT2D eigenvalue weighted by Crippen LogP contribution is -2.14. The molecule has 1 aromatic carbocycles. The normalized spacial score (nSPS) is 12.1. The van der Waals surface area contributed by atoms with E-state index < -0.39 is 0 Å². The first-order chi connectivity index (χ1) is 14.2. The van der Waals surface area contributed by atoms with Crippen LogP contribution in [0.15, 0.2) is 53.5 Å². The van der Waals surface area contributed by atoms with Crippen LogP contribution in [0.25, 0.3) is 21.8 Å². The van der Waals surface area contributed by atoms with Crippen molar-refractivity contribution in [3.05, 3.63) is 59.2 Å². The zero-order chi connectivity index (χ0) is 19.6. The highest BCUT2D eigenvalue weighted by Gasteiger charge is 2.16. The van der Waals surface area contributed by atoms with Gasteiger partial charge in [-0.25, -0.2) is 9.97 Å². The topological polar surface area (TPSA) is 86.2 Å². The minimum absolute atomic E-state index is 0.153. The van der Waals surface area contributed by atoms with Crippen LogP contribution in [-0.4, -0.2) is 27.7 Å². The number of fused-ring (bicyclic) bond motifs is 1. The van der Waals surface area contributed by atoms with Crippen LogP contribution in [0.1, 0.15) is 5.69 Å². The molecule has 1 aliphatic heterocycles. The van der Waals surface area contributed by atoms with E-state index in [4.69, 9.17) is 9.47 Å². The van der Waals surface area contributed by atoms with Gasteiger partial charge in [0.1, 0.15) is 5.01 Å². The Hall–Kier alpha value is -3.30. The number of amides is 1. The summed E-state index contributed by atoms with van der Waals surface area (Å²) >= 11 is 2.87. The van der Waals surface area contributed by atoms with Crippen LogP contribution in [0, 0.1) is 0 Å². The van der Waals surface area contributed by atoms with Gasteiger partial charge in [0.25, 0.3) is 0 Å². The maximum Gasteiger partial charge on any atom is 0.232 e. The molecule has 0 saturated heterocycles. The monoisotopic (exact) mass is 422 g/mol. The molecule has 1 N–H and O–H groups in total. The van der Waals surface area contributed by atoms with Gasteiger partial charge in [-0.2, -0.15) is 0 Å². The van der Waals surface area contributed by atoms with Gasteiger partial charge in [-0.3, -0.25) is 9.78 Å². The summed E-state index contributed by atoms with van der Waals surface area (Å²) in [6.45, 7) is 0.232. The zero-order valence-electron chi connectivity index (χ0n) is 15.0. The van der Waals surface area contributed by atoms with Crippen molar-refractivity contribution in [2.45, 2.75) is 6.42 Å². The van der Waals surface area contributed by atoms with Gasteiger partial charge in [-0.1, -0.05) is 0 Å². The number of pyridine rings is 1. The molecule has 0 atom stereocenters. The number of anilines is 1. The van der Waals surface area contributed by atoms with E-state index in [0.29, 0.717) is 10.9 Å². The van der Waals surface area contributed by atoms with Crippen molar-refractivity contribution in [3.8, 4) is 33.3 Å². The molecule has 5 rings (SSSR count). The molecule has 0 spiro atoms. The first-order valence-electron chi connectivity index (χ1n) is 8.75. The van der Waals surface area contributed by atoms with Gasteiger partial charge in [-0.15, -0.1) is 22.7 Å². The predicted molar refractivity (Wildman–Crippen MR) is 111 cm³/mol. The van der Waals surface area contributed by atoms with Gasteiger partial charge in [0.2, 0.25) is 12.7 Å². The minimum Gasteiger partial charge on any atom is -0.454 e. The molecule has 3 aromatic heterocycles. The van der Waals surface area contributed by atoms with Gasteiger partial charge < -0.3 is 14.8 Å². The highest BCUT2D eigenvalue weighted by molar-refractivity contribution is 7.14. The number of nitrogens with one attached hydrogen (secondary N) is 1. The molecular formula is C20H14N4O3S2. The van der Waals surface area contributed by atoms with E-state index in [1.807, 2.05) is 41.1 Å². The van der Waals surface area contributed by atoms with Gasteiger partial charge in [0.15, 0.2) is 16.6 Å². The predicted octanol–water partition coefficient (Wildman–Crippen LogP) is 4.24.